The lowest BCUT2D eigenvalue weighted by Crippen LogP contribution is -2.60. The molecule has 4 aromatic rings. The Morgan fingerprint density at radius 2 is 1.79 bits per heavy atom. The number of methoxy groups -OCH3 is 1. The SMILES string of the molecule is CCn1c(-c2cc(N3CCN4CCOC[C@@H]4C3)cnc2[C@H](C)OC)c(CC(C)(C)COC(C)=O)c2cc(-c3cc(C[C@H](NC(=O)OC(C)(C)C)C(=O)N4CCC[C@@H](C(=O)O)N4)cc(C(F)F)c3)ccc21. The molecule has 0 spiro atoms. The van der Waals surface area contributed by atoms with Crippen LogP contribution in [0.4, 0.5) is 19.3 Å². The molecular formula is C52H69F2N7O9. The second-order valence-electron chi connectivity index (χ2n) is 20.5. The number of hydrazine groups is 1. The minimum Gasteiger partial charge on any atom is -0.480 e. The number of carboxylic acids is 1. The average molecular weight is 974 g/mol. The van der Waals surface area contributed by atoms with Crippen molar-refractivity contribution in [1.29, 1.82) is 0 Å². The number of rotatable bonds is 16. The van der Waals surface area contributed by atoms with Crippen molar-refractivity contribution in [2.24, 2.45) is 5.41 Å². The molecular weight excluding hydrogens is 905 g/mol. The van der Waals surface area contributed by atoms with E-state index in [0.717, 1.165) is 71.9 Å². The van der Waals surface area contributed by atoms with E-state index in [1.807, 2.05) is 45.2 Å². The number of benzene rings is 2. The molecule has 380 valence electrons. The van der Waals surface area contributed by atoms with Gasteiger partial charge in [-0.3, -0.25) is 29.3 Å². The van der Waals surface area contributed by atoms with Crippen molar-refractivity contribution >= 4 is 40.5 Å². The van der Waals surface area contributed by atoms with Crippen molar-refractivity contribution in [2.45, 2.75) is 124 Å². The fourth-order valence-corrected chi connectivity index (χ4v) is 9.81. The molecule has 18 heteroatoms. The molecule has 2 amide bonds. The number of nitrogens with one attached hydrogen (secondary N) is 2. The molecule has 70 heavy (non-hydrogen) atoms. The zero-order chi connectivity index (χ0) is 50.7. The highest BCUT2D eigenvalue weighted by Gasteiger charge is 2.35. The first-order valence-corrected chi connectivity index (χ1v) is 24.3. The topological polar surface area (TPSA) is 177 Å². The number of fused-ring (bicyclic) bond motifs is 2. The molecule has 3 N–H and O–H groups in total. The summed E-state index contributed by atoms with van der Waals surface area (Å²) in [6.45, 7) is 20.3. The third kappa shape index (κ3) is 12.2. The lowest BCUT2D eigenvalue weighted by Gasteiger charge is -2.44. The van der Waals surface area contributed by atoms with Gasteiger partial charge in [-0.2, -0.15) is 0 Å². The number of carbonyl (C=O) groups is 4. The van der Waals surface area contributed by atoms with Crippen molar-refractivity contribution in [3.05, 3.63) is 71.0 Å². The monoisotopic (exact) mass is 974 g/mol. The summed E-state index contributed by atoms with van der Waals surface area (Å²) < 4.78 is 55.1. The Morgan fingerprint density at radius 1 is 1.01 bits per heavy atom. The lowest BCUT2D eigenvalue weighted by molar-refractivity contribution is -0.148. The summed E-state index contributed by atoms with van der Waals surface area (Å²) in [4.78, 5) is 61.4. The molecule has 3 aliphatic heterocycles. The van der Waals surface area contributed by atoms with Crippen molar-refractivity contribution in [3.8, 4) is 22.4 Å². The number of halogens is 2. The number of piperazine rings is 1. The largest absolute Gasteiger partial charge is 0.480 e. The quantitative estimate of drug-likeness (QED) is 0.0932. The number of hydrogen-bond acceptors (Lipinski definition) is 12. The first-order valence-electron chi connectivity index (χ1n) is 24.3. The van der Waals surface area contributed by atoms with Crippen LogP contribution < -0.4 is 15.6 Å². The maximum atomic E-state index is 14.9. The Morgan fingerprint density at radius 3 is 2.47 bits per heavy atom. The number of hydrogen-bond donors (Lipinski definition) is 3. The van der Waals surface area contributed by atoms with Crippen LogP contribution >= 0.6 is 0 Å². The summed E-state index contributed by atoms with van der Waals surface area (Å²) in [5.41, 5.74) is 7.81. The smallest absolute Gasteiger partial charge is 0.408 e. The van der Waals surface area contributed by atoms with Crippen LogP contribution in [0.3, 0.4) is 0 Å². The van der Waals surface area contributed by atoms with E-state index >= 15 is 0 Å². The summed E-state index contributed by atoms with van der Waals surface area (Å²) in [5.74, 6) is -2.15. The van der Waals surface area contributed by atoms with E-state index in [1.54, 1.807) is 33.9 Å². The number of aliphatic carboxylic acids is 1. The van der Waals surface area contributed by atoms with Gasteiger partial charge in [0.15, 0.2) is 0 Å². The molecule has 5 heterocycles. The number of carbonyl (C=O) groups excluding carboxylic acids is 3. The van der Waals surface area contributed by atoms with E-state index in [1.165, 1.54) is 24.1 Å². The van der Waals surface area contributed by atoms with Crippen LogP contribution in [0.1, 0.15) is 103 Å². The van der Waals surface area contributed by atoms with Crippen LogP contribution in [0.5, 0.6) is 0 Å². The Kier molecular flexibility index (Phi) is 16.2. The Bertz CT molecular complexity index is 2560. The van der Waals surface area contributed by atoms with E-state index in [0.29, 0.717) is 49.1 Å². The molecule has 0 saturated carbocycles. The fraction of sp³-hybridized carbons (Fsp3) is 0.558. The maximum Gasteiger partial charge on any atom is 0.408 e. The minimum atomic E-state index is -2.88. The molecule has 0 bridgehead atoms. The van der Waals surface area contributed by atoms with Crippen LogP contribution in [-0.4, -0.2) is 132 Å². The molecule has 3 fully saturated rings. The third-order valence-corrected chi connectivity index (χ3v) is 13.3. The molecule has 2 aromatic carbocycles. The zero-order valence-electron chi connectivity index (χ0n) is 41.9. The summed E-state index contributed by atoms with van der Waals surface area (Å²) in [7, 11) is 1.66. The van der Waals surface area contributed by atoms with Crippen LogP contribution in [0.2, 0.25) is 0 Å². The highest BCUT2D eigenvalue weighted by Crippen LogP contribution is 2.43. The van der Waals surface area contributed by atoms with Crippen molar-refractivity contribution in [3.63, 3.8) is 0 Å². The highest BCUT2D eigenvalue weighted by atomic mass is 19.3. The summed E-state index contributed by atoms with van der Waals surface area (Å²) >= 11 is 0. The zero-order valence-corrected chi connectivity index (χ0v) is 41.9. The van der Waals surface area contributed by atoms with E-state index in [2.05, 4.69) is 38.1 Å². The van der Waals surface area contributed by atoms with Crippen LogP contribution in [0.25, 0.3) is 33.3 Å². The van der Waals surface area contributed by atoms with Gasteiger partial charge in [0.25, 0.3) is 12.3 Å². The highest BCUT2D eigenvalue weighted by molar-refractivity contribution is 5.96. The number of anilines is 1. The van der Waals surface area contributed by atoms with Crippen LogP contribution in [-0.2, 0) is 52.7 Å². The summed E-state index contributed by atoms with van der Waals surface area (Å²) in [5, 5.41) is 14.4. The Balaban J connectivity index is 1.36. The van der Waals surface area contributed by atoms with Gasteiger partial charge in [-0.05, 0) is 100 Å². The number of pyridine rings is 1. The molecule has 16 nitrogen and oxygen atoms in total. The number of alkyl carbamates (subject to hydrolysis) is 1. The van der Waals surface area contributed by atoms with Gasteiger partial charge >= 0.3 is 18.0 Å². The number of carboxylic acid groups (broad SMARTS) is 1. The molecule has 0 aliphatic carbocycles. The van der Waals surface area contributed by atoms with Gasteiger partial charge < -0.3 is 38.8 Å². The van der Waals surface area contributed by atoms with Gasteiger partial charge in [0.1, 0.15) is 17.7 Å². The average Bonchev–Trinajstić information content (AvgIpc) is 3.62. The van der Waals surface area contributed by atoms with Gasteiger partial charge in [-0.25, -0.2) is 19.0 Å². The first kappa shape index (κ1) is 52.1. The Hall–Kier alpha value is -5.69. The van der Waals surface area contributed by atoms with E-state index in [4.69, 9.17) is 23.9 Å². The van der Waals surface area contributed by atoms with Crippen LogP contribution in [0, 0.1) is 5.41 Å². The fourth-order valence-electron chi connectivity index (χ4n) is 9.81. The first-order chi connectivity index (χ1) is 33.1. The van der Waals surface area contributed by atoms with Crippen molar-refractivity contribution < 1.29 is 52.0 Å². The number of amides is 2. The second-order valence-corrected chi connectivity index (χ2v) is 20.5. The molecule has 4 atom stereocenters. The maximum absolute atomic E-state index is 14.9. The number of ether oxygens (including phenoxy) is 4. The normalized spacial score (nSPS) is 18.9. The number of alkyl halides is 2. The number of morpholine rings is 1. The van der Waals surface area contributed by atoms with Gasteiger partial charge in [0.05, 0.1) is 55.2 Å². The van der Waals surface area contributed by atoms with Gasteiger partial charge in [0.2, 0.25) is 0 Å². The predicted molar refractivity (Wildman–Crippen MR) is 262 cm³/mol. The number of aryl methyl sites for hydroxylation is 1. The van der Waals surface area contributed by atoms with E-state index in [-0.39, 0.29) is 43.3 Å². The lowest BCUT2D eigenvalue weighted by atomic mass is 9.84. The van der Waals surface area contributed by atoms with Crippen LogP contribution in [0.15, 0.2) is 48.7 Å². The number of nitrogens with zero attached hydrogens (tertiary/aromatic N) is 5. The van der Waals surface area contributed by atoms with Crippen molar-refractivity contribution in [1.82, 2.24) is 30.2 Å². The molecule has 3 aliphatic rings. The van der Waals surface area contributed by atoms with Crippen molar-refractivity contribution in [2.75, 3.05) is 64.6 Å². The molecule has 3 saturated heterocycles. The van der Waals surface area contributed by atoms with Gasteiger partial charge in [0, 0.05) is 87.2 Å². The van der Waals surface area contributed by atoms with Gasteiger partial charge in [-0.1, -0.05) is 32.0 Å². The standard InChI is InChI=1S/C52H69F2N7O9/c1-10-60-44-14-13-34(35-20-33(21-36(23-35)47(53)54)22-43(56-50(66)70-51(4,5)6)48(63)61-15-11-12-42(57-61)49(64)65)24-39(44)41(26-52(7,8)30-69-32(3)62)46(60)40-25-37(27-55-45(40)31(2)67-9)59-17-16-58-18-19-68-29-38(58)28-59/h13-14,20-21,23-25,27,31,38,42-43,47,57H,10-12,15-19,22,26,28-30H2,1-9H3,(H,56,66)(H,64,65)/t31-,38-,42-,43-/m0/s1. The Labute approximate surface area is 408 Å². The number of aromatic nitrogens is 2. The summed E-state index contributed by atoms with van der Waals surface area (Å²) in [6, 6.07) is 10.5. The van der Waals surface area contributed by atoms with E-state index < -0.39 is 47.5 Å². The summed E-state index contributed by atoms with van der Waals surface area (Å²) in [6.07, 6.45) is -1.28. The van der Waals surface area contributed by atoms with Gasteiger partial charge in [-0.15, -0.1) is 0 Å². The molecule has 0 unspecified atom stereocenters. The third-order valence-electron chi connectivity index (χ3n) is 13.3. The number of esters is 1. The van der Waals surface area contributed by atoms with E-state index in [9.17, 15) is 33.1 Å². The predicted octanol–water partition coefficient (Wildman–Crippen LogP) is 7.70. The molecule has 7 rings (SSSR count). The minimum absolute atomic E-state index is 0.147. The molecule has 0 radical (unpaired) electrons. The molecule has 2 aromatic heterocycles. The second kappa shape index (κ2) is 21.7.